The molecule has 0 aliphatic rings. The molecule has 0 radical (unpaired) electrons. The van der Waals surface area contributed by atoms with Gasteiger partial charge in [0.2, 0.25) is 0 Å². The Morgan fingerprint density at radius 3 is 2.17 bits per heavy atom. The van der Waals surface area contributed by atoms with Crippen LogP contribution in [-0.4, -0.2) is 5.78 Å². The number of ketones is 1. The van der Waals surface area contributed by atoms with Crippen LogP contribution in [0.3, 0.4) is 0 Å². The molecule has 0 aromatic rings. The van der Waals surface area contributed by atoms with E-state index in [2.05, 4.69) is 13.8 Å². The van der Waals surface area contributed by atoms with Crippen molar-refractivity contribution in [3.63, 3.8) is 0 Å². The minimum Gasteiger partial charge on any atom is -0.294 e. The number of allylic oxidation sites excluding steroid dienone is 2. The highest BCUT2D eigenvalue weighted by molar-refractivity contribution is 5.97. The van der Waals surface area contributed by atoms with E-state index in [0.717, 1.165) is 12.0 Å². The van der Waals surface area contributed by atoms with E-state index in [1.54, 1.807) is 0 Å². The van der Waals surface area contributed by atoms with Crippen molar-refractivity contribution < 1.29 is 4.79 Å². The Bertz CT molecular complexity index is 243. The predicted octanol–water partition coefficient (Wildman–Crippen LogP) is 2.46. The molecule has 0 bridgehead atoms. The maximum Gasteiger partial charge on any atom is 0.170 e. The second kappa shape index (κ2) is 4.71. The lowest BCUT2D eigenvalue weighted by atomic mass is 9.98. The fraction of sp³-hybridized carbons (Fsp3) is 0.600. The van der Waals surface area contributed by atoms with Crippen molar-refractivity contribution in [1.29, 1.82) is 5.26 Å². The fourth-order valence-electron chi connectivity index (χ4n) is 1.19. The zero-order valence-electron chi connectivity index (χ0n) is 8.14. The summed E-state index contributed by atoms with van der Waals surface area (Å²) < 4.78 is 0. The summed E-state index contributed by atoms with van der Waals surface area (Å²) in [5.41, 5.74) is 1.23. The molecule has 0 aliphatic heterocycles. The topological polar surface area (TPSA) is 40.9 Å². The van der Waals surface area contributed by atoms with E-state index in [-0.39, 0.29) is 5.78 Å². The van der Waals surface area contributed by atoms with Gasteiger partial charge >= 0.3 is 0 Å². The average molecular weight is 165 g/mol. The van der Waals surface area contributed by atoms with E-state index in [0.29, 0.717) is 11.5 Å². The number of nitrogens with zero attached hydrogens (tertiary/aromatic N) is 1. The highest BCUT2D eigenvalue weighted by Gasteiger charge is 2.07. The zero-order chi connectivity index (χ0) is 9.72. The van der Waals surface area contributed by atoms with Gasteiger partial charge in [0.15, 0.2) is 5.78 Å². The van der Waals surface area contributed by atoms with Gasteiger partial charge in [-0.05, 0) is 26.2 Å². The smallest absolute Gasteiger partial charge is 0.170 e. The Morgan fingerprint density at radius 2 is 1.92 bits per heavy atom. The molecule has 0 heterocycles. The van der Waals surface area contributed by atoms with E-state index < -0.39 is 0 Å². The minimum absolute atomic E-state index is 0.129. The van der Waals surface area contributed by atoms with Crippen molar-refractivity contribution in [3.05, 3.63) is 11.1 Å². The Balaban J connectivity index is 4.64. The third-order valence-corrected chi connectivity index (χ3v) is 1.61. The van der Waals surface area contributed by atoms with Crippen LogP contribution in [0.15, 0.2) is 11.1 Å². The van der Waals surface area contributed by atoms with Crippen molar-refractivity contribution >= 4 is 5.78 Å². The SMILES string of the molecule is CC(=O)/C(C#N)=C(\C)CC(C)C. The van der Waals surface area contributed by atoms with Crippen LogP contribution in [0.1, 0.15) is 34.1 Å². The molecule has 0 aromatic heterocycles. The molecular formula is C10H15NO. The number of rotatable bonds is 3. The van der Waals surface area contributed by atoms with E-state index in [9.17, 15) is 4.79 Å². The molecule has 0 rings (SSSR count). The quantitative estimate of drug-likeness (QED) is 0.476. The van der Waals surface area contributed by atoms with Crippen molar-refractivity contribution in [3.8, 4) is 6.07 Å². The first-order valence-corrected chi connectivity index (χ1v) is 4.09. The van der Waals surface area contributed by atoms with E-state index in [1.807, 2.05) is 13.0 Å². The Kier molecular flexibility index (Phi) is 4.28. The number of carbonyl (C=O) groups excluding carboxylic acids is 1. The lowest BCUT2D eigenvalue weighted by Gasteiger charge is -2.05. The van der Waals surface area contributed by atoms with E-state index in [1.165, 1.54) is 6.92 Å². The Labute approximate surface area is 73.9 Å². The second-order valence-corrected chi connectivity index (χ2v) is 3.42. The molecule has 0 aliphatic carbocycles. The van der Waals surface area contributed by atoms with Crippen molar-refractivity contribution in [2.24, 2.45) is 5.92 Å². The molecule has 0 spiro atoms. The molecule has 2 nitrogen and oxygen atoms in total. The van der Waals surface area contributed by atoms with Gasteiger partial charge in [0.25, 0.3) is 0 Å². The fourth-order valence-corrected chi connectivity index (χ4v) is 1.19. The molecule has 0 N–H and O–H groups in total. The molecule has 0 unspecified atom stereocenters. The van der Waals surface area contributed by atoms with Crippen LogP contribution in [0, 0.1) is 17.2 Å². The summed E-state index contributed by atoms with van der Waals surface area (Å²) in [6.07, 6.45) is 0.822. The molecule has 0 saturated carbocycles. The molecule has 66 valence electrons. The second-order valence-electron chi connectivity index (χ2n) is 3.42. The van der Waals surface area contributed by atoms with Gasteiger partial charge in [-0.15, -0.1) is 0 Å². The van der Waals surface area contributed by atoms with Crippen molar-refractivity contribution in [1.82, 2.24) is 0 Å². The number of carbonyl (C=O) groups is 1. The standard InChI is InChI=1S/C10H15NO/c1-7(2)5-8(3)10(6-11)9(4)12/h7H,5H2,1-4H3/b10-8+. The highest BCUT2D eigenvalue weighted by atomic mass is 16.1. The maximum absolute atomic E-state index is 10.9. The normalized spacial score (nSPS) is 12.3. The molecule has 0 aromatic carbocycles. The molecule has 2 heteroatoms. The summed E-state index contributed by atoms with van der Waals surface area (Å²) in [4.78, 5) is 10.9. The molecular weight excluding hydrogens is 150 g/mol. The largest absolute Gasteiger partial charge is 0.294 e. The summed E-state index contributed by atoms with van der Waals surface area (Å²) in [5, 5.41) is 8.65. The third-order valence-electron chi connectivity index (χ3n) is 1.61. The van der Waals surface area contributed by atoms with Crippen LogP contribution < -0.4 is 0 Å². The Morgan fingerprint density at radius 1 is 1.42 bits per heavy atom. The van der Waals surface area contributed by atoms with Crippen LogP contribution in [0.2, 0.25) is 0 Å². The van der Waals surface area contributed by atoms with Crippen LogP contribution >= 0.6 is 0 Å². The summed E-state index contributed by atoms with van der Waals surface area (Å²) >= 11 is 0. The van der Waals surface area contributed by atoms with Crippen LogP contribution in [0.25, 0.3) is 0 Å². The van der Waals surface area contributed by atoms with Crippen molar-refractivity contribution in [2.45, 2.75) is 34.1 Å². The van der Waals surface area contributed by atoms with Crippen LogP contribution in [0.5, 0.6) is 0 Å². The van der Waals surface area contributed by atoms with Gasteiger partial charge < -0.3 is 0 Å². The first-order valence-electron chi connectivity index (χ1n) is 4.09. The number of Topliss-reactive ketones (excluding diaryl/α,β-unsaturated/α-hetero) is 1. The van der Waals surface area contributed by atoms with Gasteiger partial charge in [-0.3, -0.25) is 4.79 Å². The molecule has 0 atom stereocenters. The van der Waals surface area contributed by atoms with Crippen LogP contribution in [0.4, 0.5) is 0 Å². The molecule has 0 saturated heterocycles. The molecule has 0 fully saturated rings. The van der Waals surface area contributed by atoms with E-state index in [4.69, 9.17) is 5.26 Å². The van der Waals surface area contributed by atoms with Gasteiger partial charge in [0.1, 0.15) is 6.07 Å². The lowest BCUT2D eigenvalue weighted by Crippen LogP contribution is -2.00. The van der Waals surface area contributed by atoms with Crippen LogP contribution in [-0.2, 0) is 4.79 Å². The van der Waals surface area contributed by atoms with Gasteiger partial charge in [-0.2, -0.15) is 5.26 Å². The zero-order valence-corrected chi connectivity index (χ0v) is 8.14. The molecule has 12 heavy (non-hydrogen) atoms. The van der Waals surface area contributed by atoms with Gasteiger partial charge in [-0.1, -0.05) is 19.4 Å². The first-order chi connectivity index (χ1) is 5.49. The highest BCUT2D eigenvalue weighted by Crippen LogP contribution is 2.14. The lowest BCUT2D eigenvalue weighted by molar-refractivity contribution is -0.113. The summed E-state index contributed by atoms with van der Waals surface area (Å²) in [6, 6.07) is 1.94. The van der Waals surface area contributed by atoms with E-state index >= 15 is 0 Å². The Hall–Kier alpha value is -1.10. The number of hydrogen-bond donors (Lipinski definition) is 0. The average Bonchev–Trinajstić information content (AvgIpc) is 1.85. The summed E-state index contributed by atoms with van der Waals surface area (Å²) in [7, 11) is 0. The monoisotopic (exact) mass is 165 g/mol. The minimum atomic E-state index is -0.129. The van der Waals surface area contributed by atoms with Gasteiger partial charge in [-0.25, -0.2) is 0 Å². The first kappa shape index (κ1) is 10.9. The van der Waals surface area contributed by atoms with Gasteiger partial charge in [0, 0.05) is 0 Å². The molecule has 0 amide bonds. The number of nitriles is 1. The summed E-state index contributed by atoms with van der Waals surface area (Å²) in [6.45, 7) is 7.42. The predicted molar refractivity (Wildman–Crippen MR) is 48.4 cm³/mol. The van der Waals surface area contributed by atoms with Crippen molar-refractivity contribution in [2.75, 3.05) is 0 Å². The number of hydrogen-bond acceptors (Lipinski definition) is 2. The van der Waals surface area contributed by atoms with Gasteiger partial charge in [0.05, 0.1) is 5.57 Å². The summed E-state index contributed by atoms with van der Waals surface area (Å²) in [5.74, 6) is 0.364. The third kappa shape index (κ3) is 3.34. The maximum atomic E-state index is 10.9.